The lowest BCUT2D eigenvalue weighted by molar-refractivity contribution is -0.150. The van der Waals surface area contributed by atoms with Crippen LogP contribution in [0.25, 0.3) is 0 Å². The summed E-state index contributed by atoms with van der Waals surface area (Å²) in [4.78, 5) is 25.0. The Morgan fingerprint density at radius 2 is 1.96 bits per heavy atom. The number of nitrogens with zero attached hydrogens (tertiary/aromatic N) is 1. The molecule has 2 aliphatic heterocycles. The molecule has 0 unspecified atom stereocenters. The Bertz CT molecular complexity index is 642. The van der Waals surface area contributed by atoms with E-state index < -0.39 is 39.3 Å². The van der Waals surface area contributed by atoms with Gasteiger partial charge in [-0.3, -0.25) is 4.79 Å². The van der Waals surface area contributed by atoms with E-state index in [1.54, 1.807) is 0 Å². The highest BCUT2D eigenvalue weighted by Crippen LogP contribution is 2.34. The van der Waals surface area contributed by atoms with Crippen molar-refractivity contribution in [3.05, 3.63) is 11.8 Å². The number of hydrogen-bond donors (Lipinski definition) is 0. The van der Waals surface area contributed by atoms with Gasteiger partial charge in [0.2, 0.25) is 0 Å². The summed E-state index contributed by atoms with van der Waals surface area (Å²) in [7, 11) is -4.66. The van der Waals surface area contributed by atoms with E-state index in [2.05, 4.69) is 8.92 Å². The zero-order chi connectivity index (χ0) is 17.4. The number of carbonyl (C=O) groups excluding carboxylic acids is 2. The third-order valence-corrected chi connectivity index (χ3v) is 4.74. The summed E-state index contributed by atoms with van der Waals surface area (Å²) >= 11 is 0. The van der Waals surface area contributed by atoms with E-state index >= 15 is 0 Å². The minimum absolute atomic E-state index is 0.157. The average molecular weight is 357 g/mol. The van der Waals surface area contributed by atoms with Gasteiger partial charge in [-0.1, -0.05) is 0 Å². The van der Waals surface area contributed by atoms with Gasteiger partial charge in [-0.15, -0.1) is 0 Å². The Balaban J connectivity index is 2.22. The van der Waals surface area contributed by atoms with Crippen molar-refractivity contribution in [3.63, 3.8) is 0 Å². The minimum Gasteiger partial charge on any atom is -0.467 e. The fourth-order valence-corrected chi connectivity index (χ4v) is 3.22. The molecule has 0 saturated carbocycles. The van der Waals surface area contributed by atoms with Gasteiger partial charge in [0.25, 0.3) is 5.91 Å². The first-order valence-electron chi connectivity index (χ1n) is 6.68. The molecule has 2 heterocycles. The standard InChI is InChI=1S/C12H14F3NO6S/c1-21-11(18)9-5-3-7-2-4-8(6-10(17)16(7)9)22-23(19,20)12(13,14)15/h6-7,9H,2-5H2,1H3/t7-,9-/m0/s1. The lowest BCUT2D eigenvalue weighted by Crippen LogP contribution is -2.44. The molecule has 0 aromatic heterocycles. The van der Waals surface area contributed by atoms with Crippen LogP contribution in [0.5, 0.6) is 0 Å². The van der Waals surface area contributed by atoms with Crippen LogP contribution < -0.4 is 0 Å². The number of carbonyl (C=O) groups is 2. The SMILES string of the molecule is COC(=O)[C@@H]1CC[C@@H]2CCC(OS(=O)(=O)C(F)(F)F)=CC(=O)N21. The fraction of sp³-hybridized carbons (Fsp3) is 0.667. The number of amides is 1. The van der Waals surface area contributed by atoms with E-state index in [0.29, 0.717) is 18.9 Å². The monoisotopic (exact) mass is 357 g/mol. The van der Waals surface area contributed by atoms with Crippen molar-refractivity contribution in [2.24, 2.45) is 0 Å². The van der Waals surface area contributed by atoms with Crippen LogP contribution in [0.1, 0.15) is 25.7 Å². The van der Waals surface area contributed by atoms with Gasteiger partial charge in [0, 0.05) is 18.5 Å². The molecule has 0 N–H and O–H groups in total. The number of rotatable bonds is 3. The summed E-state index contributed by atoms with van der Waals surface area (Å²) in [5.74, 6) is -1.99. The van der Waals surface area contributed by atoms with Gasteiger partial charge in [0.15, 0.2) is 0 Å². The van der Waals surface area contributed by atoms with Crippen LogP contribution in [-0.4, -0.2) is 49.9 Å². The van der Waals surface area contributed by atoms with Crippen LogP contribution in [0, 0.1) is 0 Å². The Labute approximate surface area is 130 Å². The summed E-state index contributed by atoms with van der Waals surface area (Å²) in [5, 5.41) is 0. The normalized spacial score (nSPS) is 25.5. The molecule has 0 bridgehead atoms. The van der Waals surface area contributed by atoms with E-state index in [0.717, 1.165) is 7.11 Å². The smallest absolute Gasteiger partial charge is 0.467 e. The predicted octanol–water partition coefficient (Wildman–Crippen LogP) is 1.06. The van der Waals surface area contributed by atoms with E-state index in [-0.39, 0.29) is 18.9 Å². The molecule has 7 nitrogen and oxygen atoms in total. The van der Waals surface area contributed by atoms with Crippen molar-refractivity contribution < 1.29 is 40.1 Å². The molecule has 1 amide bonds. The van der Waals surface area contributed by atoms with Crippen molar-refractivity contribution in [1.29, 1.82) is 0 Å². The second kappa shape index (κ2) is 6.02. The maximum Gasteiger partial charge on any atom is 0.534 e. The van der Waals surface area contributed by atoms with Crippen molar-refractivity contribution in [2.45, 2.75) is 43.3 Å². The van der Waals surface area contributed by atoms with Gasteiger partial charge in [-0.05, 0) is 19.3 Å². The largest absolute Gasteiger partial charge is 0.534 e. The topological polar surface area (TPSA) is 90.0 Å². The highest BCUT2D eigenvalue weighted by atomic mass is 32.2. The van der Waals surface area contributed by atoms with Gasteiger partial charge in [0.1, 0.15) is 11.8 Å². The number of allylic oxidation sites excluding steroid dienone is 1. The molecule has 23 heavy (non-hydrogen) atoms. The van der Waals surface area contributed by atoms with E-state index in [1.807, 2.05) is 0 Å². The first kappa shape index (κ1) is 17.6. The van der Waals surface area contributed by atoms with Gasteiger partial charge in [-0.25, -0.2) is 4.79 Å². The number of alkyl halides is 3. The molecular weight excluding hydrogens is 343 g/mol. The molecule has 2 atom stereocenters. The van der Waals surface area contributed by atoms with Crippen molar-refractivity contribution in [3.8, 4) is 0 Å². The summed E-state index contributed by atoms with van der Waals surface area (Å²) in [6.45, 7) is 0. The van der Waals surface area contributed by atoms with Crippen LogP contribution in [0.4, 0.5) is 13.2 Å². The summed E-state index contributed by atoms with van der Waals surface area (Å²) in [6, 6.07) is -1.20. The van der Waals surface area contributed by atoms with Gasteiger partial charge < -0.3 is 13.8 Å². The molecule has 2 rings (SSSR count). The first-order chi connectivity index (χ1) is 10.6. The maximum absolute atomic E-state index is 12.3. The molecule has 0 aliphatic carbocycles. The number of halogens is 3. The van der Waals surface area contributed by atoms with E-state index in [4.69, 9.17) is 0 Å². The molecule has 0 aromatic rings. The van der Waals surface area contributed by atoms with Crippen LogP contribution in [0.3, 0.4) is 0 Å². The van der Waals surface area contributed by atoms with Crippen LogP contribution in [0.15, 0.2) is 11.8 Å². The summed E-state index contributed by atoms with van der Waals surface area (Å²) < 4.78 is 67.7. The van der Waals surface area contributed by atoms with Crippen LogP contribution in [-0.2, 0) is 28.6 Å². The summed E-state index contributed by atoms with van der Waals surface area (Å²) in [6.07, 6.45) is 1.58. The highest BCUT2D eigenvalue weighted by Gasteiger charge is 2.49. The molecule has 130 valence electrons. The summed E-state index contributed by atoms with van der Waals surface area (Å²) in [5.41, 5.74) is -5.58. The van der Waals surface area contributed by atoms with Gasteiger partial charge in [-0.2, -0.15) is 21.6 Å². The Morgan fingerprint density at radius 1 is 1.30 bits per heavy atom. The van der Waals surface area contributed by atoms with Crippen molar-refractivity contribution in [2.75, 3.05) is 7.11 Å². The van der Waals surface area contributed by atoms with Crippen molar-refractivity contribution in [1.82, 2.24) is 4.90 Å². The maximum atomic E-state index is 12.3. The van der Waals surface area contributed by atoms with Crippen LogP contribution >= 0.6 is 0 Å². The number of fused-ring (bicyclic) bond motifs is 1. The Hall–Kier alpha value is -1.78. The van der Waals surface area contributed by atoms with Crippen molar-refractivity contribution >= 4 is 22.0 Å². The Morgan fingerprint density at radius 3 is 2.52 bits per heavy atom. The molecular formula is C12H14F3NO6S. The number of hydrogen-bond acceptors (Lipinski definition) is 6. The predicted molar refractivity (Wildman–Crippen MR) is 69.0 cm³/mol. The molecule has 1 fully saturated rings. The quantitative estimate of drug-likeness (QED) is 0.426. The van der Waals surface area contributed by atoms with Gasteiger partial charge >= 0.3 is 21.6 Å². The minimum atomic E-state index is -5.83. The molecule has 0 radical (unpaired) electrons. The fourth-order valence-electron chi connectivity index (χ4n) is 2.71. The first-order valence-corrected chi connectivity index (χ1v) is 8.09. The lowest BCUT2D eigenvalue weighted by Gasteiger charge is -2.26. The van der Waals surface area contributed by atoms with E-state index in [1.165, 1.54) is 4.90 Å². The van der Waals surface area contributed by atoms with Crippen LogP contribution in [0.2, 0.25) is 0 Å². The number of ether oxygens (including phenoxy) is 1. The number of methoxy groups -OCH3 is 1. The second-order valence-electron chi connectivity index (χ2n) is 5.15. The third kappa shape index (κ3) is 3.43. The number of esters is 1. The lowest BCUT2D eigenvalue weighted by atomic mass is 10.1. The Kier molecular flexibility index (Phi) is 4.60. The third-order valence-electron chi connectivity index (χ3n) is 3.74. The average Bonchev–Trinajstić information content (AvgIpc) is 2.80. The molecule has 2 aliphatic rings. The molecule has 0 spiro atoms. The van der Waals surface area contributed by atoms with Gasteiger partial charge in [0.05, 0.1) is 7.11 Å². The second-order valence-corrected chi connectivity index (χ2v) is 6.69. The zero-order valence-corrected chi connectivity index (χ0v) is 12.8. The zero-order valence-electron chi connectivity index (χ0n) is 12.0. The molecule has 11 heteroatoms. The molecule has 0 aromatic carbocycles. The molecule has 1 saturated heterocycles. The van der Waals surface area contributed by atoms with E-state index in [9.17, 15) is 31.2 Å². The highest BCUT2D eigenvalue weighted by molar-refractivity contribution is 7.87.